The zero-order valence-electron chi connectivity index (χ0n) is 19.2. The van der Waals surface area contributed by atoms with E-state index in [1.54, 1.807) is 0 Å². The Hall–Kier alpha value is -2.99. The minimum absolute atomic E-state index is 0.0334. The third-order valence-electron chi connectivity index (χ3n) is 6.42. The van der Waals surface area contributed by atoms with Gasteiger partial charge in [0.25, 0.3) is 0 Å². The van der Waals surface area contributed by atoms with Crippen molar-refractivity contribution in [3.05, 3.63) is 65.0 Å². The molecule has 6 heteroatoms. The van der Waals surface area contributed by atoms with Crippen molar-refractivity contribution >= 4 is 11.6 Å². The van der Waals surface area contributed by atoms with Gasteiger partial charge in [-0.15, -0.1) is 0 Å². The molecule has 1 N–H and O–H groups in total. The Morgan fingerprint density at radius 2 is 1.75 bits per heavy atom. The molecule has 0 spiro atoms. The second-order valence-electron chi connectivity index (χ2n) is 8.52. The van der Waals surface area contributed by atoms with Gasteiger partial charge in [0.05, 0.1) is 6.54 Å². The number of nitrogens with zero attached hydrogens (tertiary/aromatic N) is 3. The Labute approximate surface area is 190 Å². The smallest absolute Gasteiger partial charge is 0.241 e. The van der Waals surface area contributed by atoms with Gasteiger partial charge in [0, 0.05) is 17.2 Å². The topological polar surface area (TPSA) is 71.3 Å². The number of aromatic nitrogens is 2. The number of likely N-dealkylation sites (tertiary alicyclic amines) is 1. The third-order valence-corrected chi connectivity index (χ3v) is 6.42. The highest BCUT2D eigenvalue weighted by Crippen LogP contribution is 2.26. The molecule has 3 aromatic rings. The Balaban J connectivity index is 1.33. The molecular formula is C26H32N4O2. The lowest BCUT2D eigenvalue weighted by atomic mass is 9.95. The van der Waals surface area contributed by atoms with E-state index in [1.807, 2.05) is 31.2 Å². The summed E-state index contributed by atoms with van der Waals surface area (Å²) in [6.45, 7) is 8.61. The van der Waals surface area contributed by atoms with E-state index in [-0.39, 0.29) is 11.8 Å². The summed E-state index contributed by atoms with van der Waals surface area (Å²) in [4.78, 5) is 19.9. The monoisotopic (exact) mass is 432 g/mol. The summed E-state index contributed by atoms with van der Waals surface area (Å²) in [5.74, 6) is 1.43. The first-order valence-electron chi connectivity index (χ1n) is 11.6. The van der Waals surface area contributed by atoms with Gasteiger partial charge >= 0.3 is 0 Å². The second kappa shape index (κ2) is 10.1. The fourth-order valence-electron chi connectivity index (χ4n) is 4.43. The molecule has 168 valence electrons. The fraction of sp³-hybridized carbons (Fsp3) is 0.423. The van der Waals surface area contributed by atoms with Crippen LogP contribution in [0.2, 0.25) is 0 Å². The van der Waals surface area contributed by atoms with E-state index in [0.29, 0.717) is 18.3 Å². The number of hydrogen-bond acceptors (Lipinski definition) is 5. The van der Waals surface area contributed by atoms with Crippen LogP contribution in [-0.4, -0.2) is 34.0 Å². The molecule has 1 aliphatic heterocycles. The summed E-state index contributed by atoms with van der Waals surface area (Å²) < 4.78 is 5.50. The molecular weight excluding hydrogens is 400 g/mol. The lowest BCUT2D eigenvalue weighted by Gasteiger charge is -2.30. The van der Waals surface area contributed by atoms with Crippen molar-refractivity contribution in [1.82, 2.24) is 15.0 Å². The molecule has 0 aliphatic carbocycles. The van der Waals surface area contributed by atoms with Crippen LogP contribution in [-0.2, 0) is 24.2 Å². The molecule has 0 bridgehead atoms. The van der Waals surface area contributed by atoms with Crippen LogP contribution in [0.3, 0.4) is 0 Å². The molecule has 0 radical (unpaired) electrons. The predicted molar refractivity (Wildman–Crippen MR) is 126 cm³/mol. The van der Waals surface area contributed by atoms with Crippen LogP contribution in [0.1, 0.15) is 49.3 Å². The number of nitrogens with one attached hydrogen (secondary N) is 1. The van der Waals surface area contributed by atoms with Gasteiger partial charge in [0.15, 0.2) is 0 Å². The normalized spacial score (nSPS) is 15.1. The molecule has 0 unspecified atom stereocenters. The van der Waals surface area contributed by atoms with Crippen LogP contribution < -0.4 is 5.32 Å². The summed E-state index contributed by atoms with van der Waals surface area (Å²) in [6.07, 6.45) is 3.49. The summed E-state index contributed by atoms with van der Waals surface area (Å²) in [5.41, 5.74) is 5.55. The Bertz CT molecular complexity index is 1040. The highest BCUT2D eigenvalue weighted by molar-refractivity contribution is 5.94. The van der Waals surface area contributed by atoms with Gasteiger partial charge in [-0.25, -0.2) is 0 Å². The van der Waals surface area contributed by atoms with Crippen molar-refractivity contribution in [3.8, 4) is 11.4 Å². The number of carbonyl (C=O) groups is 1. The van der Waals surface area contributed by atoms with Crippen LogP contribution in [0.25, 0.3) is 11.4 Å². The Morgan fingerprint density at radius 1 is 1.06 bits per heavy atom. The maximum Gasteiger partial charge on any atom is 0.241 e. The molecule has 32 heavy (non-hydrogen) atoms. The van der Waals surface area contributed by atoms with Crippen molar-refractivity contribution in [2.45, 2.75) is 53.0 Å². The highest BCUT2D eigenvalue weighted by atomic mass is 16.5. The highest BCUT2D eigenvalue weighted by Gasteiger charge is 2.27. The molecule has 0 saturated carbocycles. The first-order chi connectivity index (χ1) is 15.6. The zero-order valence-corrected chi connectivity index (χ0v) is 19.2. The molecule has 1 amide bonds. The van der Waals surface area contributed by atoms with Gasteiger partial charge in [-0.05, 0) is 62.4 Å². The fourth-order valence-corrected chi connectivity index (χ4v) is 4.43. The van der Waals surface area contributed by atoms with Gasteiger partial charge < -0.3 is 9.84 Å². The molecule has 2 aromatic carbocycles. The van der Waals surface area contributed by atoms with E-state index in [9.17, 15) is 4.79 Å². The number of aryl methyl sites for hydroxylation is 3. The molecule has 1 aromatic heterocycles. The summed E-state index contributed by atoms with van der Waals surface area (Å²) in [7, 11) is 0. The molecule has 2 heterocycles. The van der Waals surface area contributed by atoms with E-state index >= 15 is 0 Å². The van der Waals surface area contributed by atoms with E-state index in [2.05, 4.69) is 52.4 Å². The number of piperidine rings is 1. The number of rotatable bonds is 7. The van der Waals surface area contributed by atoms with Crippen LogP contribution in [0, 0.1) is 12.8 Å². The lowest BCUT2D eigenvalue weighted by molar-refractivity contribution is -0.121. The van der Waals surface area contributed by atoms with E-state index in [1.165, 1.54) is 11.1 Å². The van der Waals surface area contributed by atoms with Crippen molar-refractivity contribution in [1.29, 1.82) is 0 Å². The predicted octanol–water partition coefficient (Wildman–Crippen LogP) is 5.02. The number of benzene rings is 2. The summed E-state index contributed by atoms with van der Waals surface area (Å²) in [5, 5.41) is 7.40. The first kappa shape index (κ1) is 22.2. The largest absolute Gasteiger partial charge is 0.338 e. The van der Waals surface area contributed by atoms with Crippen LogP contribution in [0.5, 0.6) is 0 Å². The molecule has 1 fully saturated rings. The van der Waals surface area contributed by atoms with Crippen molar-refractivity contribution in [2.75, 3.05) is 18.4 Å². The Morgan fingerprint density at radius 3 is 2.41 bits per heavy atom. The quantitative estimate of drug-likeness (QED) is 0.568. The molecule has 4 rings (SSSR count). The van der Waals surface area contributed by atoms with Gasteiger partial charge in [-0.3, -0.25) is 9.69 Å². The van der Waals surface area contributed by atoms with Crippen molar-refractivity contribution in [2.24, 2.45) is 5.92 Å². The summed E-state index contributed by atoms with van der Waals surface area (Å²) in [6, 6.07) is 14.3. The molecule has 1 aliphatic rings. The minimum atomic E-state index is 0.0334. The van der Waals surface area contributed by atoms with Crippen molar-refractivity contribution < 1.29 is 9.32 Å². The number of carbonyl (C=O) groups excluding carboxylic acids is 1. The van der Waals surface area contributed by atoms with Crippen LogP contribution in [0.4, 0.5) is 5.69 Å². The maximum atomic E-state index is 13.0. The van der Waals surface area contributed by atoms with Gasteiger partial charge in [-0.2, -0.15) is 4.98 Å². The third kappa shape index (κ3) is 4.91. The van der Waals surface area contributed by atoms with E-state index < -0.39 is 0 Å². The average Bonchev–Trinajstić information content (AvgIpc) is 3.28. The maximum absolute atomic E-state index is 13.0. The number of amides is 1. The van der Waals surface area contributed by atoms with Gasteiger partial charge in [0.2, 0.25) is 17.6 Å². The number of para-hydroxylation sites is 1. The molecule has 0 atom stereocenters. The minimum Gasteiger partial charge on any atom is -0.338 e. The average molecular weight is 433 g/mol. The number of anilines is 1. The molecule has 1 saturated heterocycles. The van der Waals surface area contributed by atoms with Crippen LogP contribution in [0.15, 0.2) is 47.0 Å². The van der Waals surface area contributed by atoms with Gasteiger partial charge in [-0.1, -0.05) is 61.5 Å². The van der Waals surface area contributed by atoms with E-state index in [0.717, 1.165) is 55.6 Å². The molecule has 6 nitrogen and oxygen atoms in total. The van der Waals surface area contributed by atoms with E-state index in [4.69, 9.17) is 4.52 Å². The standard InChI is InChI=1S/C26H32N4O2/c1-4-19-10-8-11-20(5-2)24(19)28-26(31)21-13-15-30(16-14-21)17-23-27-25(29-32-23)22-12-7-6-9-18(22)3/h6-12,21H,4-5,13-17H2,1-3H3,(H,28,31). The lowest BCUT2D eigenvalue weighted by Crippen LogP contribution is -2.38. The number of hydrogen-bond donors (Lipinski definition) is 1. The van der Waals surface area contributed by atoms with Gasteiger partial charge in [0.1, 0.15) is 0 Å². The summed E-state index contributed by atoms with van der Waals surface area (Å²) >= 11 is 0. The van der Waals surface area contributed by atoms with Crippen molar-refractivity contribution in [3.63, 3.8) is 0 Å². The van der Waals surface area contributed by atoms with Crippen LogP contribution >= 0.6 is 0 Å². The second-order valence-corrected chi connectivity index (χ2v) is 8.52. The first-order valence-corrected chi connectivity index (χ1v) is 11.6. The zero-order chi connectivity index (χ0) is 22.5. The Kier molecular flexibility index (Phi) is 7.00. The SMILES string of the molecule is CCc1cccc(CC)c1NC(=O)C1CCN(Cc2nc(-c3ccccc3C)no2)CC1.